The molecule has 4 rings (SSSR count). The fourth-order valence-corrected chi connectivity index (χ4v) is 6.04. The van der Waals surface area contributed by atoms with E-state index < -0.39 is 11.9 Å². The van der Waals surface area contributed by atoms with Gasteiger partial charge in [0.15, 0.2) is 23.0 Å². The van der Waals surface area contributed by atoms with E-state index in [4.69, 9.17) is 28.4 Å². The summed E-state index contributed by atoms with van der Waals surface area (Å²) in [4.78, 5) is 23.9. The van der Waals surface area contributed by atoms with Crippen molar-refractivity contribution in [2.45, 2.75) is 71.1 Å². The number of carbonyl (C=O) groups excluding carboxylic acids is 2. The molecule has 292 valence electrons. The van der Waals surface area contributed by atoms with E-state index in [-0.39, 0.29) is 69.8 Å². The Morgan fingerprint density at radius 1 is 0.648 bits per heavy atom. The van der Waals surface area contributed by atoms with E-state index in [1.807, 2.05) is 12.1 Å². The van der Waals surface area contributed by atoms with Crippen molar-refractivity contribution in [3.8, 4) is 45.3 Å². The number of ether oxygens (including phenoxy) is 6. The Bertz CT molecular complexity index is 1730. The standard InChI is InChI=1S/C43H53FO10/c1-29(2)42(47)53-23-21-50-38-16-14-33(27-39(38)49-20-10-18-46)36-25-34(35-15-13-32(26-37(35)44)31-11-6-5-7-12-31)28-40(41(36)52-19-9-8-17-45)51-22-24-54-43(48)30(3)4/h13-16,25-28,31,45-46H,1,3,5-12,17-24H2,2,4H3. The van der Waals surface area contributed by atoms with Crippen LogP contribution in [0.2, 0.25) is 0 Å². The number of benzene rings is 3. The Morgan fingerprint density at radius 3 is 1.89 bits per heavy atom. The second-order valence-electron chi connectivity index (χ2n) is 13.3. The number of hydrogen-bond donors (Lipinski definition) is 2. The summed E-state index contributed by atoms with van der Waals surface area (Å²) >= 11 is 0. The molecule has 11 heteroatoms. The molecule has 0 aromatic heterocycles. The maximum Gasteiger partial charge on any atom is 0.333 e. The smallest absolute Gasteiger partial charge is 0.333 e. The van der Waals surface area contributed by atoms with Crippen molar-refractivity contribution in [2.75, 3.05) is 52.9 Å². The van der Waals surface area contributed by atoms with Crippen molar-refractivity contribution in [2.24, 2.45) is 0 Å². The van der Waals surface area contributed by atoms with Crippen LogP contribution in [-0.4, -0.2) is 75.0 Å². The van der Waals surface area contributed by atoms with Gasteiger partial charge in [-0.25, -0.2) is 14.0 Å². The highest BCUT2D eigenvalue weighted by Gasteiger charge is 2.22. The van der Waals surface area contributed by atoms with Crippen molar-refractivity contribution >= 4 is 11.9 Å². The quantitative estimate of drug-likeness (QED) is 0.0591. The first-order chi connectivity index (χ1) is 26.1. The predicted octanol–water partition coefficient (Wildman–Crippen LogP) is 8.12. The lowest BCUT2D eigenvalue weighted by Gasteiger charge is -2.23. The summed E-state index contributed by atoms with van der Waals surface area (Å²) in [5.41, 5.74) is 3.64. The van der Waals surface area contributed by atoms with Crippen molar-refractivity contribution < 1.29 is 52.6 Å². The van der Waals surface area contributed by atoms with E-state index in [2.05, 4.69) is 13.2 Å². The lowest BCUT2D eigenvalue weighted by Crippen LogP contribution is -2.13. The largest absolute Gasteiger partial charge is 0.490 e. The van der Waals surface area contributed by atoms with E-state index in [1.165, 1.54) is 6.42 Å². The summed E-state index contributed by atoms with van der Waals surface area (Å²) in [5, 5.41) is 18.8. The lowest BCUT2D eigenvalue weighted by atomic mass is 9.83. The molecular formula is C43H53FO10. The van der Waals surface area contributed by atoms with Gasteiger partial charge in [0, 0.05) is 41.9 Å². The molecule has 0 amide bonds. The monoisotopic (exact) mass is 748 g/mol. The van der Waals surface area contributed by atoms with Gasteiger partial charge in [-0.3, -0.25) is 0 Å². The fraction of sp³-hybridized carbons (Fsp3) is 0.442. The topological polar surface area (TPSA) is 130 Å². The molecule has 1 saturated carbocycles. The van der Waals surface area contributed by atoms with E-state index in [1.54, 1.807) is 50.2 Å². The van der Waals surface area contributed by atoms with Crippen LogP contribution in [0.3, 0.4) is 0 Å². The van der Waals surface area contributed by atoms with Crippen LogP contribution in [0.1, 0.15) is 76.7 Å². The van der Waals surface area contributed by atoms with Gasteiger partial charge in [-0.2, -0.15) is 0 Å². The van der Waals surface area contributed by atoms with E-state index in [0.29, 0.717) is 70.4 Å². The summed E-state index contributed by atoms with van der Waals surface area (Å²) in [6, 6.07) is 14.3. The van der Waals surface area contributed by atoms with E-state index in [0.717, 1.165) is 31.2 Å². The zero-order valence-corrected chi connectivity index (χ0v) is 31.5. The first kappa shape index (κ1) is 41.9. The molecule has 0 saturated heterocycles. The highest BCUT2D eigenvalue weighted by Crippen LogP contribution is 2.45. The van der Waals surface area contributed by atoms with Crippen LogP contribution in [0, 0.1) is 5.82 Å². The van der Waals surface area contributed by atoms with Gasteiger partial charge in [0.2, 0.25) is 0 Å². The number of halogens is 1. The molecule has 54 heavy (non-hydrogen) atoms. The van der Waals surface area contributed by atoms with Crippen molar-refractivity contribution in [3.63, 3.8) is 0 Å². The Kier molecular flexibility index (Phi) is 16.9. The Hall–Kier alpha value is -4.87. The van der Waals surface area contributed by atoms with Crippen molar-refractivity contribution in [3.05, 3.63) is 84.2 Å². The van der Waals surface area contributed by atoms with Gasteiger partial charge in [-0.1, -0.05) is 50.6 Å². The summed E-state index contributed by atoms with van der Waals surface area (Å²) in [6.07, 6.45) is 7.02. The average Bonchev–Trinajstić information content (AvgIpc) is 3.17. The van der Waals surface area contributed by atoms with Crippen LogP contribution < -0.4 is 18.9 Å². The molecule has 0 atom stereocenters. The van der Waals surface area contributed by atoms with Crippen LogP contribution in [-0.2, 0) is 19.1 Å². The molecule has 3 aromatic carbocycles. The highest BCUT2D eigenvalue weighted by atomic mass is 19.1. The van der Waals surface area contributed by atoms with Gasteiger partial charge < -0.3 is 38.6 Å². The van der Waals surface area contributed by atoms with Gasteiger partial charge in [-0.05, 0) is 92.5 Å². The van der Waals surface area contributed by atoms with Gasteiger partial charge in [-0.15, -0.1) is 0 Å². The second-order valence-corrected chi connectivity index (χ2v) is 13.3. The zero-order valence-electron chi connectivity index (χ0n) is 31.5. The molecule has 2 N–H and O–H groups in total. The molecule has 10 nitrogen and oxygen atoms in total. The summed E-state index contributed by atoms with van der Waals surface area (Å²) in [5.74, 6) is 0.318. The Morgan fingerprint density at radius 2 is 1.26 bits per heavy atom. The van der Waals surface area contributed by atoms with Gasteiger partial charge in [0.25, 0.3) is 0 Å². The van der Waals surface area contributed by atoms with Gasteiger partial charge in [0.05, 0.1) is 13.2 Å². The first-order valence-electron chi connectivity index (χ1n) is 18.6. The lowest BCUT2D eigenvalue weighted by molar-refractivity contribution is -0.140. The predicted molar refractivity (Wildman–Crippen MR) is 205 cm³/mol. The molecular weight excluding hydrogens is 695 g/mol. The fourth-order valence-electron chi connectivity index (χ4n) is 6.04. The first-order valence-corrected chi connectivity index (χ1v) is 18.6. The third kappa shape index (κ3) is 12.3. The van der Waals surface area contributed by atoms with Crippen LogP contribution in [0.5, 0.6) is 23.0 Å². The average molecular weight is 749 g/mol. The Labute approximate surface area is 317 Å². The SMILES string of the molecule is C=C(C)C(=O)OCCOc1ccc(-c2cc(-c3ccc(C4CCCCC4)cc3F)cc(OCCOC(=O)C(=C)C)c2OCCCCO)cc1OCCCO. The normalized spacial score (nSPS) is 12.8. The van der Waals surface area contributed by atoms with E-state index in [9.17, 15) is 19.8 Å². The minimum Gasteiger partial charge on any atom is -0.490 e. The maximum absolute atomic E-state index is 16.1. The summed E-state index contributed by atoms with van der Waals surface area (Å²) in [6.45, 7) is 10.7. The molecule has 1 aliphatic carbocycles. The van der Waals surface area contributed by atoms with E-state index >= 15 is 4.39 Å². The molecule has 3 aromatic rings. The summed E-state index contributed by atoms with van der Waals surface area (Å²) < 4.78 is 51.0. The summed E-state index contributed by atoms with van der Waals surface area (Å²) in [7, 11) is 0. The molecule has 0 aliphatic heterocycles. The number of aliphatic hydroxyl groups excluding tert-OH is 2. The van der Waals surface area contributed by atoms with Crippen LogP contribution >= 0.6 is 0 Å². The Balaban J connectivity index is 1.78. The molecule has 1 fully saturated rings. The molecule has 0 radical (unpaired) electrons. The second kappa shape index (κ2) is 21.7. The number of carbonyl (C=O) groups is 2. The molecule has 1 aliphatic rings. The number of hydrogen-bond acceptors (Lipinski definition) is 10. The minimum atomic E-state index is -0.543. The number of aliphatic hydroxyl groups is 2. The molecule has 0 heterocycles. The molecule has 0 spiro atoms. The van der Waals surface area contributed by atoms with Gasteiger partial charge >= 0.3 is 11.9 Å². The zero-order chi connectivity index (χ0) is 38.9. The van der Waals surface area contributed by atoms with Crippen molar-refractivity contribution in [1.82, 2.24) is 0 Å². The van der Waals surface area contributed by atoms with Crippen molar-refractivity contribution in [1.29, 1.82) is 0 Å². The van der Waals surface area contributed by atoms with Crippen LogP contribution in [0.15, 0.2) is 72.8 Å². The number of rotatable bonds is 22. The third-order valence-electron chi connectivity index (χ3n) is 8.89. The number of unbranched alkanes of at least 4 members (excludes halogenated alkanes) is 1. The van der Waals surface area contributed by atoms with Gasteiger partial charge in [0.1, 0.15) is 32.2 Å². The number of esters is 2. The minimum absolute atomic E-state index is 0.00509. The van der Waals surface area contributed by atoms with Crippen LogP contribution in [0.25, 0.3) is 22.3 Å². The maximum atomic E-state index is 16.1. The molecule has 0 bridgehead atoms. The van der Waals surface area contributed by atoms with Crippen LogP contribution in [0.4, 0.5) is 4.39 Å². The highest BCUT2D eigenvalue weighted by molar-refractivity contribution is 5.87. The third-order valence-corrected chi connectivity index (χ3v) is 8.89. The molecule has 0 unspecified atom stereocenters.